The van der Waals surface area contributed by atoms with Gasteiger partial charge in [0.25, 0.3) is 5.56 Å². The molecule has 0 bridgehead atoms. The number of aliphatic hydroxyl groups excluding tert-OH is 2. The minimum Gasteiger partial charge on any atom is -0.394 e. The standard InChI is InChI=1S/C31H26F3N5O3.C2H6/c1-17-6-7-19(18(2)35-21-10-8-20(32)9-11-21)14-24(17)28-23-12-13-27(42)39(29-25(33)4-3-5-26(29)34)30(23)38-31(37-28)36-22(15-40)16-41;1-2/h3-14,22,35,40-41H,2,15-16H2,1H3,(H,36,37,38);1-2H3. The molecule has 0 saturated carbocycles. The number of para-hydroxylation sites is 1. The van der Waals surface area contributed by atoms with Gasteiger partial charge in [-0.3, -0.25) is 9.36 Å². The third-order valence-corrected chi connectivity index (χ3v) is 6.67. The molecule has 0 amide bonds. The van der Waals surface area contributed by atoms with Crippen molar-refractivity contribution in [3.05, 3.63) is 118 Å². The highest BCUT2D eigenvalue weighted by atomic mass is 19.1. The molecule has 2 heterocycles. The number of aromatic nitrogens is 3. The second-order valence-corrected chi connectivity index (χ2v) is 9.56. The van der Waals surface area contributed by atoms with Gasteiger partial charge in [-0.05, 0) is 66.6 Å². The Labute approximate surface area is 252 Å². The molecular formula is C33H32F3N5O3. The van der Waals surface area contributed by atoms with Crippen LogP contribution in [0.4, 0.5) is 24.8 Å². The van der Waals surface area contributed by atoms with E-state index in [9.17, 15) is 28.2 Å². The number of aryl methyl sites for hydroxylation is 1. The van der Waals surface area contributed by atoms with Crippen molar-refractivity contribution in [1.82, 2.24) is 14.5 Å². The highest BCUT2D eigenvalue weighted by Crippen LogP contribution is 2.33. The number of aliphatic hydroxyl groups is 2. The van der Waals surface area contributed by atoms with E-state index in [0.717, 1.165) is 22.3 Å². The molecule has 44 heavy (non-hydrogen) atoms. The molecule has 0 saturated heterocycles. The largest absolute Gasteiger partial charge is 0.394 e. The first-order chi connectivity index (χ1) is 21.2. The van der Waals surface area contributed by atoms with Gasteiger partial charge in [0.15, 0.2) is 5.65 Å². The van der Waals surface area contributed by atoms with Crippen LogP contribution in [0.1, 0.15) is 25.0 Å². The van der Waals surface area contributed by atoms with Crippen molar-refractivity contribution in [2.75, 3.05) is 23.8 Å². The van der Waals surface area contributed by atoms with Gasteiger partial charge in [0.2, 0.25) is 5.95 Å². The van der Waals surface area contributed by atoms with Crippen molar-refractivity contribution in [3.63, 3.8) is 0 Å². The van der Waals surface area contributed by atoms with Crippen molar-refractivity contribution in [3.8, 4) is 16.9 Å². The van der Waals surface area contributed by atoms with Gasteiger partial charge in [-0.25, -0.2) is 18.2 Å². The first-order valence-electron chi connectivity index (χ1n) is 13.9. The molecule has 0 atom stereocenters. The van der Waals surface area contributed by atoms with Gasteiger partial charge in [-0.2, -0.15) is 4.98 Å². The van der Waals surface area contributed by atoms with Crippen LogP contribution in [0.15, 0.2) is 84.2 Å². The topological polar surface area (TPSA) is 112 Å². The molecule has 8 nitrogen and oxygen atoms in total. The molecule has 0 spiro atoms. The van der Waals surface area contributed by atoms with E-state index in [0.29, 0.717) is 33.6 Å². The van der Waals surface area contributed by atoms with Gasteiger partial charge < -0.3 is 20.8 Å². The summed E-state index contributed by atoms with van der Waals surface area (Å²) < 4.78 is 44.1. The van der Waals surface area contributed by atoms with Gasteiger partial charge in [0, 0.05) is 28.4 Å². The molecule has 3 aromatic carbocycles. The molecule has 0 aliphatic heterocycles. The summed E-state index contributed by atoms with van der Waals surface area (Å²) >= 11 is 0. The summed E-state index contributed by atoms with van der Waals surface area (Å²) in [7, 11) is 0. The van der Waals surface area contributed by atoms with Crippen LogP contribution >= 0.6 is 0 Å². The second kappa shape index (κ2) is 14.0. The van der Waals surface area contributed by atoms with E-state index in [4.69, 9.17) is 0 Å². The van der Waals surface area contributed by atoms with Crippen LogP contribution in [0.2, 0.25) is 0 Å². The average Bonchev–Trinajstić information content (AvgIpc) is 3.02. The summed E-state index contributed by atoms with van der Waals surface area (Å²) in [5.41, 5.74) is 2.04. The van der Waals surface area contributed by atoms with E-state index in [1.54, 1.807) is 18.2 Å². The number of pyridine rings is 1. The first kappa shape index (κ1) is 31.9. The van der Waals surface area contributed by atoms with Crippen LogP contribution in [0.25, 0.3) is 33.7 Å². The van der Waals surface area contributed by atoms with Crippen molar-refractivity contribution in [1.29, 1.82) is 0 Å². The van der Waals surface area contributed by atoms with Crippen molar-refractivity contribution in [2.24, 2.45) is 0 Å². The maximum absolute atomic E-state index is 14.9. The van der Waals surface area contributed by atoms with Crippen molar-refractivity contribution < 1.29 is 23.4 Å². The Morgan fingerprint density at radius 1 is 0.932 bits per heavy atom. The molecule has 11 heteroatoms. The molecular weight excluding hydrogens is 571 g/mol. The lowest BCUT2D eigenvalue weighted by Crippen LogP contribution is -2.29. The lowest BCUT2D eigenvalue weighted by molar-refractivity contribution is 0.203. The third kappa shape index (κ3) is 6.64. The monoisotopic (exact) mass is 603 g/mol. The van der Waals surface area contributed by atoms with E-state index >= 15 is 0 Å². The zero-order valence-electron chi connectivity index (χ0n) is 24.4. The maximum atomic E-state index is 14.9. The van der Waals surface area contributed by atoms with Crippen LogP contribution in [0, 0.1) is 24.4 Å². The highest BCUT2D eigenvalue weighted by Gasteiger charge is 2.21. The number of benzene rings is 3. The van der Waals surface area contributed by atoms with E-state index in [1.165, 1.54) is 30.3 Å². The molecule has 228 valence electrons. The minimum absolute atomic E-state index is 0.0882. The number of rotatable bonds is 9. The fraction of sp³-hybridized carbons (Fsp3) is 0.182. The number of halogens is 3. The SMILES string of the molecule is C=C(Nc1ccc(F)cc1)c1ccc(C)c(-c2nc(NC(CO)CO)nc3c2ccc(=O)n3-c2c(F)cccc2F)c1.CC. The number of nitrogens with one attached hydrogen (secondary N) is 2. The van der Waals surface area contributed by atoms with Gasteiger partial charge in [-0.1, -0.05) is 38.6 Å². The summed E-state index contributed by atoms with van der Waals surface area (Å²) in [4.78, 5) is 22.1. The summed E-state index contributed by atoms with van der Waals surface area (Å²) in [6, 6.07) is 16.3. The molecule has 4 N–H and O–H groups in total. The van der Waals surface area contributed by atoms with Gasteiger partial charge in [0.1, 0.15) is 23.1 Å². The van der Waals surface area contributed by atoms with Crippen LogP contribution < -0.4 is 16.2 Å². The molecule has 0 radical (unpaired) electrons. The van der Waals surface area contributed by atoms with E-state index in [-0.39, 0.29) is 17.4 Å². The molecule has 0 fully saturated rings. The summed E-state index contributed by atoms with van der Waals surface area (Å²) in [5, 5.41) is 25.5. The van der Waals surface area contributed by atoms with Crippen molar-refractivity contribution in [2.45, 2.75) is 26.8 Å². The number of fused-ring (bicyclic) bond motifs is 1. The van der Waals surface area contributed by atoms with E-state index in [2.05, 4.69) is 27.2 Å². The van der Waals surface area contributed by atoms with Crippen LogP contribution in [-0.4, -0.2) is 44.0 Å². The quantitative estimate of drug-likeness (QED) is 0.162. The summed E-state index contributed by atoms with van der Waals surface area (Å²) in [5.74, 6) is -2.40. The predicted octanol–water partition coefficient (Wildman–Crippen LogP) is 6.05. The number of hydrogen-bond donors (Lipinski definition) is 4. The Morgan fingerprint density at radius 2 is 1.59 bits per heavy atom. The second-order valence-electron chi connectivity index (χ2n) is 9.56. The summed E-state index contributed by atoms with van der Waals surface area (Å²) in [6.45, 7) is 9.02. The van der Waals surface area contributed by atoms with Gasteiger partial charge in [0.05, 0.1) is 24.9 Å². The number of nitrogens with zero attached hydrogens (tertiary/aromatic N) is 3. The Kier molecular flexibility index (Phi) is 10.1. The molecule has 2 aromatic heterocycles. The van der Waals surface area contributed by atoms with Crippen LogP contribution in [0.3, 0.4) is 0 Å². The molecule has 5 aromatic rings. The van der Waals surface area contributed by atoms with Gasteiger partial charge >= 0.3 is 0 Å². The Morgan fingerprint density at radius 3 is 2.23 bits per heavy atom. The molecule has 0 aliphatic rings. The molecule has 0 unspecified atom stereocenters. The smallest absolute Gasteiger partial charge is 0.256 e. The van der Waals surface area contributed by atoms with Crippen molar-refractivity contribution >= 4 is 28.4 Å². The highest BCUT2D eigenvalue weighted by molar-refractivity contribution is 5.94. The fourth-order valence-corrected chi connectivity index (χ4v) is 4.48. The van der Waals surface area contributed by atoms with Gasteiger partial charge in [-0.15, -0.1) is 0 Å². The Balaban J connectivity index is 0.00000216. The Hall–Kier alpha value is -5.00. The van der Waals surface area contributed by atoms with Crippen LogP contribution in [0.5, 0.6) is 0 Å². The fourth-order valence-electron chi connectivity index (χ4n) is 4.48. The third-order valence-electron chi connectivity index (χ3n) is 6.67. The maximum Gasteiger partial charge on any atom is 0.256 e. The van der Waals surface area contributed by atoms with Crippen LogP contribution in [-0.2, 0) is 0 Å². The number of anilines is 2. The number of hydrogen-bond acceptors (Lipinski definition) is 7. The zero-order chi connectivity index (χ0) is 32.0. The lowest BCUT2D eigenvalue weighted by Gasteiger charge is -2.19. The minimum atomic E-state index is -0.968. The lowest BCUT2D eigenvalue weighted by atomic mass is 9.98. The van der Waals surface area contributed by atoms with E-state index < -0.39 is 42.1 Å². The average molecular weight is 604 g/mol. The molecule has 5 rings (SSSR count). The zero-order valence-corrected chi connectivity index (χ0v) is 24.4. The normalized spacial score (nSPS) is 10.8. The molecule has 0 aliphatic carbocycles. The predicted molar refractivity (Wildman–Crippen MR) is 167 cm³/mol. The first-order valence-corrected chi connectivity index (χ1v) is 13.9. The van der Waals surface area contributed by atoms with E-state index in [1.807, 2.05) is 32.9 Å². The summed E-state index contributed by atoms with van der Waals surface area (Å²) in [6.07, 6.45) is 0. The Bertz CT molecular complexity index is 1840.